The number of nitrogens with zero attached hydrogens (tertiary/aromatic N) is 2. The molecule has 0 unspecified atom stereocenters. The minimum atomic E-state index is -0.641. The average Bonchev–Trinajstić information content (AvgIpc) is 3.36. The highest BCUT2D eigenvalue weighted by molar-refractivity contribution is 7.07. The smallest absolute Gasteiger partial charge is 0.338 e. The molecule has 8 heteroatoms. The lowest BCUT2D eigenvalue weighted by molar-refractivity contribution is -0.139. The van der Waals surface area contributed by atoms with Gasteiger partial charge < -0.3 is 13.9 Å². The van der Waals surface area contributed by atoms with E-state index in [1.54, 1.807) is 62.3 Å². The third kappa shape index (κ3) is 3.50. The van der Waals surface area contributed by atoms with Gasteiger partial charge in [-0.25, -0.2) is 9.79 Å². The van der Waals surface area contributed by atoms with Crippen LogP contribution in [0.3, 0.4) is 0 Å². The summed E-state index contributed by atoms with van der Waals surface area (Å²) in [5, 5.41) is 0. The highest BCUT2D eigenvalue weighted by Gasteiger charge is 2.33. The van der Waals surface area contributed by atoms with E-state index in [4.69, 9.17) is 13.9 Å². The number of benzene rings is 1. The van der Waals surface area contributed by atoms with Crippen LogP contribution < -0.4 is 19.6 Å². The maximum Gasteiger partial charge on any atom is 0.338 e. The molecule has 0 N–H and O–H groups in total. The molecule has 3 aromatic rings. The topological polar surface area (TPSA) is 83.0 Å². The summed E-state index contributed by atoms with van der Waals surface area (Å²) in [7, 11) is 1.59. The quantitative estimate of drug-likeness (QED) is 0.588. The number of methoxy groups -OCH3 is 1. The van der Waals surface area contributed by atoms with Crippen molar-refractivity contribution in [1.82, 2.24) is 4.57 Å². The molecule has 30 heavy (non-hydrogen) atoms. The molecule has 0 bridgehead atoms. The molecule has 2 aromatic heterocycles. The van der Waals surface area contributed by atoms with Crippen molar-refractivity contribution in [2.45, 2.75) is 19.9 Å². The predicted octanol–water partition coefficient (Wildman–Crippen LogP) is 2.40. The second-order valence-corrected chi connectivity index (χ2v) is 7.64. The van der Waals surface area contributed by atoms with E-state index in [0.29, 0.717) is 26.4 Å². The molecule has 0 saturated carbocycles. The molecular formula is C22H20N2O5S. The molecule has 1 aliphatic rings. The van der Waals surface area contributed by atoms with Crippen LogP contribution in [0.1, 0.15) is 31.0 Å². The molecular weight excluding hydrogens is 404 g/mol. The number of rotatable bonds is 5. The SMILES string of the molecule is CCOC(=O)C1=C(C)N=c2sc(=Cc3ccoc3)c(=O)n2[C@H]1c1ccc(OC)cc1. The summed E-state index contributed by atoms with van der Waals surface area (Å²) < 4.78 is 17.7. The van der Waals surface area contributed by atoms with Crippen molar-refractivity contribution >= 4 is 23.4 Å². The van der Waals surface area contributed by atoms with Crippen molar-refractivity contribution in [3.8, 4) is 5.75 Å². The molecule has 154 valence electrons. The van der Waals surface area contributed by atoms with Gasteiger partial charge >= 0.3 is 5.97 Å². The normalized spacial score (nSPS) is 16.2. The number of carbonyl (C=O) groups is 1. The van der Waals surface area contributed by atoms with Gasteiger partial charge in [-0.3, -0.25) is 9.36 Å². The Morgan fingerprint density at radius 3 is 2.70 bits per heavy atom. The van der Waals surface area contributed by atoms with E-state index >= 15 is 0 Å². The first-order valence-electron chi connectivity index (χ1n) is 9.39. The fourth-order valence-electron chi connectivity index (χ4n) is 3.40. The molecule has 0 fully saturated rings. The van der Waals surface area contributed by atoms with Crippen LogP contribution in [0.15, 0.2) is 68.3 Å². The van der Waals surface area contributed by atoms with E-state index < -0.39 is 12.0 Å². The fourth-order valence-corrected chi connectivity index (χ4v) is 4.45. The summed E-state index contributed by atoms with van der Waals surface area (Å²) >= 11 is 1.27. The Labute approximate surface area is 176 Å². The lowest BCUT2D eigenvalue weighted by atomic mass is 9.96. The van der Waals surface area contributed by atoms with Crippen molar-refractivity contribution in [2.75, 3.05) is 13.7 Å². The van der Waals surface area contributed by atoms with Crippen LogP contribution in [0.5, 0.6) is 5.75 Å². The maximum atomic E-state index is 13.3. The van der Waals surface area contributed by atoms with Crippen LogP contribution in [-0.4, -0.2) is 24.3 Å². The van der Waals surface area contributed by atoms with Crippen molar-refractivity contribution in [3.05, 3.63) is 84.9 Å². The van der Waals surface area contributed by atoms with Gasteiger partial charge in [0.1, 0.15) is 5.75 Å². The summed E-state index contributed by atoms with van der Waals surface area (Å²) in [6, 6.07) is 8.42. The molecule has 0 radical (unpaired) electrons. The van der Waals surface area contributed by atoms with Crippen molar-refractivity contribution in [1.29, 1.82) is 0 Å². The Bertz CT molecular complexity index is 1280. The Balaban J connectivity index is 1.95. The van der Waals surface area contributed by atoms with Gasteiger partial charge in [-0.1, -0.05) is 23.5 Å². The van der Waals surface area contributed by atoms with Crippen molar-refractivity contribution in [2.24, 2.45) is 4.99 Å². The van der Waals surface area contributed by atoms with E-state index in [-0.39, 0.29) is 12.2 Å². The molecule has 1 aliphatic heterocycles. The zero-order valence-corrected chi connectivity index (χ0v) is 17.6. The summed E-state index contributed by atoms with van der Waals surface area (Å²) in [5.41, 5.74) is 2.21. The molecule has 0 spiro atoms. The maximum absolute atomic E-state index is 13.3. The lowest BCUT2D eigenvalue weighted by Crippen LogP contribution is -2.39. The number of hydrogen-bond donors (Lipinski definition) is 0. The van der Waals surface area contributed by atoms with E-state index in [2.05, 4.69) is 4.99 Å². The van der Waals surface area contributed by atoms with Crippen LogP contribution in [0.25, 0.3) is 6.08 Å². The number of ether oxygens (including phenoxy) is 2. The third-order valence-corrected chi connectivity index (χ3v) is 5.77. The van der Waals surface area contributed by atoms with Crippen LogP contribution in [0.2, 0.25) is 0 Å². The first-order valence-corrected chi connectivity index (χ1v) is 10.2. The van der Waals surface area contributed by atoms with Gasteiger partial charge in [-0.15, -0.1) is 0 Å². The minimum absolute atomic E-state index is 0.227. The standard InChI is InChI=1S/C22H20N2O5S/c1-4-29-21(26)18-13(2)23-22-24(19(18)15-5-7-16(27-3)8-6-15)20(25)17(30-22)11-14-9-10-28-12-14/h5-12,19H,4H2,1-3H3/t19-/m0/s1. The van der Waals surface area contributed by atoms with Gasteiger partial charge in [0.25, 0.3) is 5.56 Å². The fraction of sp³-hybridized carbons (Fsp3) is 0.227. The Morgan fingerprint density at radius 1 is 1.30 bits per heavy atom. The van der Waals surface area contributed by atoms with Gasteiger partial charge in [0.2, 0.25) is 0 Å². The summed E-state index contributed by atoms with van der Waals surface area (Å²) in [5.74, 6) is 0.202. The number of esters is 1. The first kappa shape index (κ1) is 19.9. The van der Waals surface area contributed by atoms with E-state index in [1.807, 2.05) is 12.1 Å². The van der Waals surface area contributed by atoms with Gasteiger partial charge in [0.05, 0.1) is 48.1 Å². The van der Waals surface area contributed by atoms with Crippen molar-refractivity contribution in [3.63, 3.8) is 0 Å². The predicted molar refractivity (Wildman–Crippen MR) is 112 cm³/mol. The van der Waals surface area contributed by atoms with Crippen LogP contribution in [0.4, 0.5) is 0 Å². The molecule has 0 saturated heterocycles. The average molecular weight is 424 g/mol. The monoisotopic (exact) mass is 424 g/mol. The second-order valence-electron chi connectivity index (χ2n) is 6.63. The zero-order chi connectivity index (χ0) is 21.3. The van der Waals surface area contributed by atoms with E-state index in [9.17, 15) is 9.59 Å². The molecule has 0 aliphatic carbocycles. The number of thiazole rings is 1. The zero-order valence-electron chi connectivity index (χ0n) is 16.7. The highest BCUT2D eigenvalue weighted by Crippen LogP contribution is 2.31. The molecule has 4 rings (SSSR count). The summed E-state index contributed by atoms with van der Waals surface area (Å²) in [6.45, 7) is 3.74. The number of aromatic nitrogens is 1. The number of furan rings is 1. The Kier molecular flexibility index (Phi) is 5.41. The third-order valence-electron chi connectivity index (χ3n) is 4.79. The largest absolute Gasteiger partial charge is 0.497 e. The number of carbonyl (C=O) groups excluding carboxylic acids is 1. The van der Waals surface area contributed by atoms with Gasteiger partial charge in [0, 0.05) is 5.56 Å². The molecule has 0 amide bonds. The van der Waals surface area contributed by atoms with Gasteiger partial charge in [-0.2, -0.15) is 0 Å². The minimum Gasteiger partial charge on any atom is -0.497 e. The summed E-state index contributed by atoms with van der Waals surface area (Å²) in [4.78, 5) is 31.2. The second kappa shape index (κ2) is 8.16. The number of hydrogen-bond acceptors (Lipinski definition) is 7. The molecule has 3 heterocycles. The van der Waals surface area contributed by atoms with Gasteiger partial charge in [0.15, 0.2) is 4.80 Å². The van der Waals surface area contributed by atoms with Gasteiger partial charge in [-0.05, 0) is 43.7 Å². The Hall–Kier alpha value is -3.39. The number of fused-ring (bicyclic) bond motifs is 1. The first-order chi connectivity index (χ1) is 14.5. The molecule has 1 atom stereocenters. The number of allylic oxidation sites excluding steroid dienone is 1. The van der Waals surface area contributed by atoms with Crippen LogP contribution >= 0.6 is 11.3 Å². The molecule has 7 nitrogen and oxygen atoms in total. The highest BCUT2D eigenvalue weighted by atomic mass is 32.1. The van der Waals surface area contributed by atoms with E-state index in [0.717, 1.165) is 11.1 Å². The Morgan fingerprint density at radius 2 is 2.07 bits per heavy atom. The lowest BCUT2D eigenvalue weighted by Gasteiger charge is -2.24. The summed E-state index contributed by atoms with van der Waals surface area (Å²) in [6.07, 6.45) is 4.86. The van der Waals surface area contributed by atoms with Crippen LogP contribution in [-0.2, 0) is 9.53 Å². The molecule has 1 aromatic carbocycles. The van der Waals surface area contributed by atoms with Crippen LogP contribution in [0, 0.1) is 0 Å². The van der Waals surface area contributed by atoms with E-state index in [1.165, 1.54) is 11.3 Å². The van der Waals surface area contributed by atoms with Crippen molar-refractivity contribution < 1.29 is 18.7 Å².